The molecular formula is C34H41NO11. The lowest BCUT2D eigenvalue weighted by Gasteiger charge is -2.27. The maximum absolute atomic E-state index is 13.8. The zero-order chi connectivity index (χ0) is 33.6. The summed E-state index contributed by atoms with van der Waals surface area (Å²) in [6, 6.07) is 15.1. The highest BCUT2D eigenvalue weighted by atomic mass is 16.6. The Balaban J connectivity index is 1.85. The molecule has 1 N–H and O–H groups in total. The summed E-state index contributed by atoms with van der Waals surface area (Å²) in [6.07, 6.45) is -3.79. The van der Waals surface area contributed by atoms with Gasteiger partial charge in [0.1, 0.15) is 6.10 Å². The van der Waals surface area contributed by atoms with Gasteiger partial charge in [0.05, 0.1) is 32.5 Å². The molecule has 1 saturated heterocycles. The molecule has 4 unspecified atom stereocenters. The van der Waals surface area contributed by atoms with E-state index in [9.17, 15) is 24.0 Å². The summed E-state index contributed by atoms with van der Waals surface area (Å²) in [6.45, 7) is 5.50. The third-order valence-electron chi connectivity index (χ3n) is 7.20. The van der Waals surface area contributed by atoms with E-state index >= 15 is 0 Å². The van der Waals surface area contributed by atoms with Crippen molar-refractivity contribution in [1.29, 1.82) is 0 Å². The maximum Gasteiger partial charge on any atom is 0.417 e. The second kappa shape index (κ2) is 18.1. The number of cyclic esters (lactones) is 1. The Morgan fingerprint density at radius 1 is 0.978 bits per heavy atom. The van der Waals surface area contributed by atoms with Crippen molar-refractivity contribution in [3.8, 4) is 0 Å². The smallest absolute Gasteiger partial charge is 0.417 e. The zero-order valence-corrected chi connectivity index (χ0v) is 26.5. The highest BCUT2D eigenvalue weighted by Gasteiger charge is 2.48. The van der Waals surface area contributed by atoms with Crippen molar-refractivity contribution in [2.24, 2.45) is 0 Å². The fraction of sp³-hybridized carbons (Fsp3) is 0.441. The summed E-state index contributed by atoms with van der Waals surface area (Å²) < 4.78 is 26.8. The van der Waals surface area contributed by atoms with E-state index in [1.807, 2.05) is 13.0 Å². The molecule has 1 aliphatic heterocycles. The first-order chi connectivity index (χ1) is 22.1. The monoisotopic (exact) mass is 639 g/mol. The molecule has 248 valence electrons. The molecule has 0 saturated carbocycles. The number of carbonyl (C=O) groups is 5. The molecule has 1 aliphatic rings. The van der Waals surface area contributed by atoms with Crippen molar-refractivity contribution in [3.63, 3.8) is 0 Å². The number of methoxy groups -OCH3 is 1. The standard InChI is InChI=1S/C34H41NO11/c1-22-10-8-13-26(20-22)27(28(38)14-9-16-43-18-19-44-17-15-36)21-29(39)31(45-24(3)37)32(42-4)33(40)35-23(2)30(46-34(35)41)25-11-6-5-7-12-25/h5-8,10-13,20-21,23,30-32,36H,9,14-19H2,1-4H3. The predicted molar refractivity (Wildman–Crippen MR) is 165 cm³/mol. The number of Topliss-reactive ketones (excluding diaryl/α,β-unsaturated/α-hetero) is 1. The Bertz CT molecular complexity index is 1390. The maximum atomic E-state index is 13.8. The van der Waals surface area contributed by atoms with Crippen LogP contribution in [-0.4, -0.2) is 97.9 Å². The van der Waals surface area contributed by atoms with Crippen LogP contribution in [0.15, 0.2) is 60.7 Å². The van der Waals surface area contributed by atoms with Gasteiger partial charge < -0.3 is 28.8 Å². The predicted octanol–water partition coefficient (Wildman–Crippen LogP) is 3.38. The van der Waals surface area contributed by atoms with E-state index in [-0.39, 0.29) is 37.6 Å². The lowest BCUT2D eigenvalue weighted by atomic mass is 9.94. The topological polar surface area (TPSA) is 155 Å². The fourth-order valence-electron chi connectivity index (χ4n) is 5.00. The van der Waals surface area contributed by atoms with E-state index in [2.05, 4.69) is 0 Å². The van der Waals surface area contributed by atoms with Gasteiger partial charge in [0.15, 0.2) is 23.8 Å². The van der Waals surface area contributed by atoms with Crippen LogP contribution in [0.4, 0.5) is 4.79 Å². The van der Waals surface area contributed by atoms with Crippen LogP contribution in [0.5, 0.6) is 0 Å². The number of esters is 1. The summed E-state index contributed by atoms with van der Waals surface area (Å²) in [7, 11) is 1.15. The molecule has 0 aliphatic carbocycles. The lowest BCUT2D eigenvalue weighted by Crippen LogP contribution is -2.52. The molecule has 46 heavy (non-hydrogen) atoms. The number of imide groups is 1. The number of allylic oxidation sites excluding steroid dienone is 1. The van der Waals surface area contributed by atoms with Gasteiger partial charge in [-0.05, 0) is 37.5 Å². The summed E-state index contributed by atoms with van der Waals surface area (Å²) in [4.78, 5) is 66.9. The molecule has 0 radical (unpaired) electrons. The van der Waals surface area contributed by atoms with Gasteiger partial charge in [-0.25, -0.2) is 9.69 Å². The summed E-state index contributed by atoms with van der Waals surface area (Å²) in [5.41, 5.74) is 2.02. The molecule has 1 fully saturated rings. The number of benzene rings is 2. The summed E-state index contributed by atoms with van der Waals surface area (Å²) in [5, 5.41) is 8.76. The van der Waals surface area contributed by atoms with E-state index in [0.717, 1.165) is 30.6 Å². The Morgan fingerprint density at radius 3 is 2.30 bits per heavy atom. The third kappa shape index (κ3) is 9.88. The first-order valence-electron chi connectivity index (χ1n) is 15.0. The minimum Gasteiger partial charge on any atom is -0.451 e. The molecule has 2 amide bonds. The second-order valence-electron chi connectivity index (χ2n) is 10.7. The van der Waals surface area contributed by atoms with Crippen LogP contribution in [0.25, 0.3) is 5.57 Å². The molecule has 2 aromatic rings. The van der Waals surface area contributed by atoms with Gasteiger partial charge in [-0.3, -0.25) is 19.2 Å². The van der Waals surface area contributed by atoms with Gasteiger partial charge in [-0.1, -0.05) is 60.2 Å². The average molecular weight is 640 g/mol. The Labute approximate surface area is 268 Å². The molecule has 2 aromatic carbocycles. The van der Waals surface area contributed by atoms with Gasteiger partial charge in [-0.15, -0.1) is 0 Å². The van der Waals surface area contributed by atoms with Crippen LogP contribution in [0.1, 0.15) is 49.5 Å². The number of rotatable bonds is 18. The number of amides is 2. The summed E-state index contributed by atoms with van der Waals surface area (Å²) in [5.74, 6) is -3.06. The average Bonchev–Trinajstić information content (AvgIpc) is 3.34. The van der Waals surface area contributed by atoms with Gasteiger partial charge in [-0.2, -0.15) is 0 Å². The van der Waals surface area contributed by atoms with E-state index in [1.165, 1.54) is 0 Å². The first-order valence-corrected chi connectivity index (χ1v) is 15.0. The minimum atomic E-state index is -1.80. The van der Waals surface area contributed by atoms with Crippen LogP contribution in [0.3, 0.4) is 0 Å². The number of hydrogen-bond acceptors (Lipinski definition) is 11. The van der Waals surface area contributed by atoms with Crippen LogP contribution in [-0.2, 0) is 42.9 Å². The highest BCUT2D eigenvalue weighted by molar-refractivity contribution is 6.25. The number of aliphatic hydroxyl groups is 1. The van der Waals surface area contributed by atoms with Crippen molar-refractivity contribution < 1.29 is 52.8 Å². The molecule has 0 bridgehead atoms. The van der Waals surface area contributed by atoms with Crippen LogP contribution >= 0.6 is 0 Å². The number of aryl methyl sites for hydroxylation is 1. The zero-order valence-electron chi connectivity index (χ0n) is 26.5. The molecule has 4 atom stereocenters. The number of aliphatic hydroxyl groups excluding tert-OH is 1. The van der Waals surface area contributed by atoms with Crippen LogP contribution in [0.2, 0.25) is 0 Å². The Morgan fingerprint density at radius 2 is 1.67 bits per heavy atom. The van der Waals surface area contributed by atoms with E-state index in [0.29, 0.717) is 30.8 Å². The van der Waals surface area contributed by atoms with Crippen molar-refractivity contribution in [3.05, 3.63) is 77.4 Å². The molecule has 12 heteroatoms. The number of ketones is 2. The fourth-order valence-corrected chi connectivity index (χ4v) is 5.00. The van der Waals surface area contributed by atoms with Crippen LogP contribution < -0.4 is 0 Å². The lowest BCUT2D eigenvalue weighted by molar-refractivity contribution is -0.166. The molecule has 0 aromatic heterocycles. The summed E-state index contributed by atoms with van der Waals surface area (Å²) >= 11 is 0. The highest BCUT2D eigenvalue weighted by Crippen LogP contribution is 2.33. The SMILES string of the molecule is COC(C(=O)N1C(=O)OC(c2ccccc2)C1C)C(OC(C)=O)C(=O)C=C(C(=O)CCCOCCOCCO)c1cccc(C)c1. The van der Waals surface area contributed by atoms with Crippen molar-refractivity contribution in [2.75, 3.05) is 40.1 Å². The van der Waals surface area contributed by atoms with Crippen molar-refractivity contribution in [2.45, 2.75) is 58.0 Å². The van der Waals surface area contributed by atoms with Gasteiger partial charge in [0.2, 0.25) is 0 Å². The molecule has 0 spiro atoms. The third-order valence-corrected chi connectivity index (χ3v) is 7.20. The largest absolute Gasteiger partial charge is 0.451 e. The van der Waals surface area contributed by atoms with E-state index < -0.39 is 48.1 Å². The van der Waals surface area contributed by atoms with E-state index in [4.69, 9.17) is 28.8 Å². The van der Waals surface area contributed by atoms with Gasteiger partial charge in [0, 0.05) is 32.6 Å². The number of hydrogen-bond donors (Lipinski definition) is 1. The molecule has 1 heterocycles. The van der Waals surface area contributed by atoms with Gasteiger partial charge >= 0.3 is 12.1 Å². The van der Waals surface area contributed by atoms with Crippen molar-refractivity contribution in [1.82, 2.24) is 4.90 Å². The second-order valence-corrected chi connectivity index (χ2v) is 10.7. The quantitative estimate of drug-likeness (QED) is 0.145. The minimum absolute atomic E-state index is 0.0351. The van der Waals surface area contributed by atoms with E-state index in [1.54, 1.807) is 55.5 Å². The Hall–Kier alpha value is -4.23. The molecule has 12 nitrogen and oxygen atoms in total. The molecular weight excluding hydrogens is 598 g/mol. The number of nitrogens with zero attached hydrogens (tertiary/aromatic N) is 1. The normalized spacial score (nSPS) is 17.7. The molecule has 3 rings (SSSR count). The Kier molecular flexibility index (Phi) is 14.2. The van der Waals surface area contributed by atoms with Crippen molar-refractivity contribution >= 4 is 35.1 Å². The number of ether oxygens (including phenoxy) is 5. The van der Waals surface area contributed by atoms with Gasteiger partial charge in [0.25, 0.3) is 5.91 Å². The van der Waals surface area contributed by atoms with Crippen LogP contribution in [0, 0.1) is 6.92 Å². The number of carbonyl (C=O) groups excluding carboxylic acids is 5. The first kappa shape index (κ1) is 36.2.